The second kappa shape index (κ2) is 10.4. The summed E-state index contributed by atoms with van der Waals surface area (Å²) in [5, 5.41) is 4.52. The van der Waals surface area contributed by atoms with Crippen molar-refractivity contribution in [2.75, 3.05) is 19.0 Å². The third-order valence-electron chi connectivity index (χ3n) is 10.3. The molecule has 3 aliphatic rings. The van der Waals surface area contributed by atoms with E-state index in [1.807, 2.05) is 49.5 Å². The number of carbonyl (C=O) groups is 1. The first-order chi connectivity index (χ1) is 21.4. The average molecular weight is 590 g/mol. The van der Waals surface area contributed by atoms with Gasteiger partial charge in [-0.25, -0.2) is 9.97 Å². The van der Waals surface area contributed by atoms with Crippen molar-refractivity contribution in [2.45, 2.75) is 51.7 Å². The van der Waals surface area contributed by atoms with Crippen LogP contribution in [-0.2, 0) is 20.1 Å². The molecule has 2 unspecified atom stereocenters. The molecule has 2 bridgehead atoms. The number of aryl methyl sites for hydroxylation is 1. The lowest BCUT2D eigenvalue weighted by Gasteiger charge is -2.27. The smallest absolute Gasteiger partial charge is 0.254 e. The predicted octanol–water partition coefficient (Wildman–Crippen LogP) is 6.08. The normalized spacial score (nSPS) is 21.1. The number of ether oxygens (including phenoxy) is 1. The first kappa shape index (κ1) is 27.2. The Labute approximate surface area is 257 Å². The number of benzene rings is 2. The monoisotopic (exact) mass is 589 g/mol. The van der Waals surface area contributed by atoms with Crippen molar-refractivity contribution >= 4 is 39.5 Å². The number of aromatic nitrogens is 4. The second-order valence-corrected chi connectivity index (χ2v) is 13.0. The first-order valence-corrected chi connectivity index (χ1v) is 15.8. The minimum atomic E-state index is 0.0844. The van der Waals surface area contributed by atoms with E-state index in [1.54, 1.807) is 7.11 Å². The quantitative estimate of drug-likeness (QED) is 0.227. The number of likely N-dealkylation sites (tertiary alicyclic amines) is 1. The molecule has 0 radical (unpaired) electrons. The fourth-order valence-corrected chi connectivity index (χ4v) is 7.53. The van der Waals surface area contributed by atoms with Crippen molar-refractivity contribution in [3.63, 3.8) is 0 Å². The number of pyridine rings is 1. The maximum atomic E-state index is 13.8. The van der Waals surface area contributed by atoms with Crippen LogP contribution in [0, 0.1) is 17.8 Å². The zero-order valence-corrected chi connectivity index (χ0v) is 25.6. The highest BCUT2D eigenvalue weighted by molar-refractivity contribution is 6.00. The number of nitrogens with one attached hydrogen (secondary N) is 1. The van der Waals surface area contributed by atoms with Gasteiger partial charge in [0.05, 0.1) is 18.3 Å². The number of methoxy groups -OCH3 is 1. The molecular weight excluding hydrogens is 550 g/mol. The van der Waals surface area contributed by atoms with Crippen molar-refractivity contribution in [1.29, 1.82) is 0 Å². The number of piperidine rings is 1. The number of nitrogens with zero attached hydrogens (tertiary/aromatic N) is 5. The van der Waals surface area contributed by atoms with Gasteiger partial charge in [0, 0.05) is 49.4 Å². The molecular formula is C35H39N7O2. The highest BCUT2D eigenvalue weighted by Gasteiger charge is 2.46. The Hall–Kier alpha value is -4.37. The van der Waals surface area contributed by atoms with Crippen molar-refractivity contribution < 1.29 is 9.53 Å². The van der Waals surface area contributed by atoms with Gasteiger partial charge in [0.25, 0.3) is 5.91 Å². The molecule has 1 saturated heterocycles. The first-order valence-electron chi connectivity index (χ1n) is 15.8. The number of hydrogen-bond donors (Lipinski definition) is 2. The van der Waals surface area contributed by atoms with E-state index < -0.39 is 0 Å². The fourth-order valence-electron chi connectivity index (χ4n) is 7.53. The minimum Gasteiger partial charge on any atom is -0.494 e. The number of anilines is 2. The summed E-state index contributed by atoms with van der Waals surface area (Å²) in [6, 6.07) is 18.6. The van der Waals surface area contributed by atoms with Gasteiger partial charge >= 0.3 is 0 Å². The molecule has 9 nitrogen and oxygen atoms in total. The van der Waals surface area contributed by atoms with Gasteiger partial charge in [-0.3, -0.25) is 4.79 Å². The Morgan fingerprint density at radius 1 is 1.05 bits per heavy atom. The molecule has 2 aromatic carbocycles. The molecule has 9 heteroatoms. The largest absolute Gasteiger partial charge is 0.494 e. The van der Waals surface area contributed by atoms with Crippen LogP contribution < -0.4 is 15.8 Å². The number of hydrogen-bond acceptors (Lipinski definition) is 6. The zero-order chi connectivity index (χ0) is 30.1. The number of fused-ring (bicyclic) bond motifs is 4. The van der Waals surface area contributed by atoms with Gasteiger partial charge in [-0.1, -0.05) is 19.1 Å². The molecule has 2 aliphatic carbocycles. The molecule has 44 heavy (non-hydrogen) atoms. The summed E-state index contributed by atoms with van der Waals surface area (Å²) in [4.78, 5) is 26.1. The molecule has 3 atom stereocenters. The van der Waals surface area contributed by atoms with E-state index >= 15 is 0 Å². The van der Waals surface area contributed by atoms with Gasteiger partial charge in [0.15, 0.2) is 5.82 Å². The van der Waals surface area contributed by atoms with Crippen LogP contribution >= 0.6 is 0 Å². The Morgan fingerprint density at radius 2 is 1.86 bits per heavy atom. The maximum absolute atomic E-state index is 13.8. The summed E-state index contributed by atoms with van der Waals surface area (Å²) in [7, 11) is 3.70. The molecule has 3 fully saturated rings. The fraction of sp³-hybridized carbons (Fsp3) is 0.400. The highest BCUT2D eigenvalue weighted by Crippen LogP contribution is 2.44. The summed E-state index contributed by atoms with van der Waals surface area (Å²) in [6.07, 6.45) is 4.78. The molecule has 8 rings (SSSR count). The number of rotatable bonds is 8. The van der Waals surface area contributed by atoms with E-state index in [-0.39, 0.29) is 5.91 Å². The van der Waals surface area contributed by atoms with Crippen molar-refractivity contribution in [3.8, 4) is 17.3 Å². The van der Waals surface area contributed by atoms with E-state index in [9.17, 15) is 4.79 Å². The molecule has 1 amide bonds. The third-order valence-corrected chi connectivity index (χ3v) is 10.3. The summed E-state index contributed by atoms with van der Waals surface area (Å²) in [5.41, 5.74) is 12.1. The minimum absolute atomic E-state index is 0.0844. The summed E-state index contributed by atoms with van der Waals surface area (Å²) in [6.45, 7) is 4.55. The molecule has 0 spiro atoms. The van der Waals surface area contributed by atoms with E-state index in [0.29, 0.717) is 41.7 Å². The summed E-state index contributed by atoms with van der Waals surface area (Å²) in [5.74, 6) is 4.20. The molecule has 3 N–H and O–H groups in total. The predicted molar refractivity (Wildman–Crippen MR) is 173 cm³/mol. The van der Waals surface area contributed by atoms with E-state index in [4.69, 9.17) is 20.4 Å². The number of carbonyl (C=O) groups excluding carboxylic acids is 1. The van der Waals surface area contributed by atoms with Crippen LogP contribution in [0.4, 0.5) is 11.5 Å². The third kappa shape index (κ3) is 4.44. The molecule has 3 aromatic heterocycles. The van der Waals surface area contributed by atoms with Crippen molar-refractivity contribution in [3.05, 3.63) is 65.7 Å². The maximum Gasteiger partial charge on any atom is 0.254 e. The standard InChI is InChI=1S/C35H39N7O2/c1-20-24-8-12-28(20)42(19-24)35(43)25-14-27-32(30(16-25)44-3)40(2)34(38-27)29-15-23-9-13-31(37-26-10-6-21(17-36)7-11-26)39-33(23)41(29)18-22-4-5-22/h6-7,9-11,13-16,20,22,24,28H,4-5,8,12,17-19,36H2,1-3H3,(H,37,39)/t20-,24?,28?/m1/s1. The second-order valence-electron chi connectivity index (χ2n) is 13.0. The Bertz CT molecular complexity index is 1900. The lowest BCUT2D eigenvalue weighted by Crippen LogP contribution is -2.38. The Morgan fingerprint density at radius 3 is 2.55 bits per heavy atom. The Balaban J connectivity index is 1.19. The van der Waals surface area contributed by atoms with Crippen LogP contribution in [0.1, 0.15) is 48.5 Å². The van der Waals surface area contributed by atoms with Gasteiger partial charge in [-0.2, -0.15) is 0 Å². The van der Waals surface area contributed by atoms with Gasteiger partial charge in [-0.15, -0.1) is 0 Å². The van der Waals surface area contributed by atoms with Gasteiger partial charge in [0.1, 0.15) is 22.7 Å². The van der Waals surface area contributed by atoms with Crippen LogP contribution in [0.2, 0.25) is 0 Å². The molecule has 1 aliphatic heterocycles. The van der Waals surface area contributed by atoms with Gasteiger partial charge in [-0.05, 0) is 91.5 Å². The van der Waals surface area contributed by atoms with E-state index in [1.165, 1.54) is 19.3 Å². The zero-order valence-electron chi connectivity index (χ0n) is 25.6. The average Bonchev–Trinajstić information content (AvgIpc) is 3.45. The number of imidazole rings is 1. The number of nitrogens with two attached hydrogens (primary N) is 1. The van der Waals surface area contributed by atoms with Crippen LogP contribution in [0.5, 0.6) is 5.75 Å². The van der Waals surface area contributed by atoms with Gasteiger partial charge < -0.3 is 29.8 Å². The van der Waals surface area contributed by atoms with Crippen molar-refractivity contribution in [2.24, 2.45) is 30.5 Å². The lowest BCUT2D eigenvalue weighted by atomic mass is 10.0. The summed E-state index contributed by atoms with van der Waals surface area (Å²) >= 11 is 0. The molecule has 4 heterocycles. The number of amides is 1. The molecule has 5 aromatic rings. The summed E-state index contributed by atoms with van der Waals surface area (Å²) < 4.78 is 10.3. The lowest BCUT2D eigenvalue weighted by molar-refractivity contribution is 0.0696. The Kier molecular flexibility index (Phi) is 6.41. The SMILES string of the molecule is COc1cc(C(=O)N2CC3CCC2[C@@H]3C)cc2nc(-c3cc4ccc(Nc5ccc(CN)cc5)nc4n3CC3CC3)n(C)c12. The van der Waals surface area contributed by atoms with Crippen LogP contribution in [0.3, 0.4) is 0 Å². The van der Waals surface area contributed by atoms with Crippen LogP contribution in [0.25, 0.3) is 33.6 Å². The van der Waals surface area contributed by atoms with E-state index in [2.05, 4.69) is 38.4 Å². The van der Waals surface area contributed by atoms with E-state index in [0.717, 1.165) is 70.2 Å². The van der Waals surface area contributed by atoms with Crippen LogP contribution in [-0.4, -0.2) is 49.6 Å². The van der Waals surface area contributed by atoms with Crippen molar-refractivity contribution in [1.82, 2.24) is 24.0 Å². The molecule has 2 saturated carbocycles. The van der Waals surface area contributed by atoms with Gasteiger partial charge in [0.2, 0.25) is 0 Å². The van der Waals surface area contributed by atoms with Crippen LogP contribution in [0.15, 0.2) is 54.6 Å². The highest BCUT2D eigenvalue weighted by atomic mass is 16.5. The molecule has 226 valence electrons. The topological polar surface area (TPSA) is 103 Å².